The molecule has 0 N–H and O–H groups in total. The Balaban J connectivity index is 1.75. The standard InChI is InChI=1S/C22H21N/c1-22(19-12-6-3-7-13-19)17-23(16-18-10-4-2-5-11-18)21-15-9-8-14-20(21)22/h2-15H,16-17H2,1H3. The molecule has 0 saturated carbocycles. The van der Waals surface area contributed by atoms with Crippen LogP contribution in [0.25, 0.3) is 0 Å². The van der Waals surface area contributed by atoms with E-state index in [-0.39, 0.29) is 5.41 Å². The Morgan fingerprint density at radius 3 is 2.13 bits per heavy atom. The van der Waals surface area contributed by atoms with E-state index in [0.717, 1.165) is 13.1 Å². The second kappa shape index (κ2) is 5.58. The van der Waals surface area contributed by atoms with Crippen LogP contribution in [0.15, 0.2) is 84.9 Å². The second-order valence-corrected chi connectivity index (χ2v) is 6.56. The number of rotatable bonds is 3. The van der Waals surface area contributed by atoms with Crippen molar-refractivity contribution in [2.45, 2.75) is 18.9 Å². The predicted octanol–water partition coefficient (Wildman–Crippen LogP) is 5.01. The lowest BCUT2D eigenvalue weighted by Gasteiger charge is -2.27. The molecule has 4 rings (SSSR count). The number of para-hydroxylation sites is 1. The van der Waals surface area contributed by atoms with Gasteiger partial charge in [0.05, 0.1) is 0 Å². The number of fused-ring (bicyclic) bond motifs is 1. The van der Waals surface area contributed by atoms with E-state index in [1.807, 2.05) is 0 Å². The molecule has 23 heavy (non-hydrogen) atoms. The molecular weight excluding hydrogens is 278 g/mol. The van der Waals surface area contributed by atoms with Gasteiger partial charge in [-0.25, -0.2) is 0 Å². The number of benzene rings is 3. The molecule has 0 amide bonds. The van der Waals surface area contributed by atoms with Crippen molar-refractivity contribution in [2.75, 3.05) is 11.4 Å². The van der Waals surface area contributed by atoms with Crippen molar-refractivity contribution in [3.05, 3.63) is 102 Å². The average Bonchev–Trinajstić information content (AvgIpc) is 2.91. The molecule has 0 fully saturated rings. The average molecular weight is 299 g/mol. The first-order valence-electron chi connectivity index (χ1n) is 8.21. The Kier molecular flexibility index (Phi) is 3.42. The molecule has 1 nitrogen and oxygen atoms in total. The maximum absolute atomic E-state index is 2.51. The zero-order chi connectivity index (χ0) is 15.7. The fraction of sp³-hybridized carbons (Fsp3) is 0.182. The summed E-state index contributed by atoms with van der Waals surface area (Å²) in [6.45, 7) is 4.34. The second-order valence-electron chi connectivity index (χ2n) is 6.56. The van der Waals surface area contributed by atoms with E-state index in [1.54, 1.807) is 0 Å². The van der Waals surface area contributed by atoms with Crippen molar-refractivity contribution in [1.29, 1.82) is 0 Å². The predicted molar refractivity (Wildman–Crippen MR) is 96.8 cm³/mol. The Morgan fingerprint density at radius 2 is 1.39 bits per heavy atom. The van der Waals surface area contributed by atoms with Crippen molar-refractivity contribution in [1.82, 2.24) is 0 Å². The summed E-state index contributed by atoms with van der Waals surface area (Å²) >= 11 is 0. The first-order valence-corrected chi connectivity index (χ1v) is 8.21. The lowest BCUT2D eigenvalue weighted by molar-refractivity contribution is 0.592. The topological polar surface area (TPSA) is 3.24 Å². The highest BCUT2D eigenvalue weighted by Gasteiger charge is 2.39. The fourth-order valence-corrected chi connectivity index (χ4v) is 3.77. The van der Waals surface area contributed by atoms with Gasteiger partial charge in [0, 0.05) is 24.2 Å². The number of hydrogen-bond acceptors (Lipinski definition) is 1. The minimum absolute atomic E-state index is 0.0482. The Labute approximate surface area is 138 Å². The summed E-state index contributed by atoms with van der Waals surface area (Å²) in [4.78, 5) is 2.51. The largest absolute Gasteiger partial charge is 0.366 e. The molecule has 1 atom stereocenters. The van der Waals surface area contributed by atoms with Crippen molar-refractivity contribution >= 4 is 5.69 Å². The summed E-state index contributed by atoms with van der Waals surface area (Å²) in [5.74, 6) is 0. The van der Waals surface area contributed by atoms with Crippen LogP contribution in [-0.4, -0.2) is 6.54 Å². The maximum atomic E-state index is 2.51. The maximum Gasteiger partial charge on any atom is 0.0430 e. The first-order chi connectivity index (χ1) is 11.3. The summed E-state index contributed by atoms with van der Waals surface area (Å²) in [7, 11) is 0. The van der Waals surface area contributed by atoms with Gasteiger partial charge in [0.1, 0.15) is 0 Å². The summed E-state index contributed by atoms with van der Waals surface area (Å²) in [6.07, 6.45) is 0. The SMILES string of the molecule is CC1(c2ccccc2)CN(Cc2ccccc2)c2ccccc21. The molecular formula is C22H21N. The molecule has 0 bridgehead atoms. The van der Waals surface area contributed by atoms with Crippen LogP contribution in [0.2, 0.25) is 0 Å². The number of hydrogen-bond donors (Lipinski definition) is 0. The summed E-state index contributed by atoms with van der Waals surface area (Å²) in [6, 6.07) is 30.5. The van der Waals surface area contributed by atoms with Crippen LogP contribution in [0.5, 0.6) is 0 Å². The van der Waals surface area contributed by atoms with E-state index in [4.69, 9.17) is 0 Å². The third kappa shape index (κ3) is 2.43. The molecule has 3 aromatic carbocycles. The lowest BCUT2D eigenvalue weighted by atomic mass is 9.78. The highest BCUT2D eigenvalue weighted by atomic mass is 15.2. The van der Waals surface area contributed by atoms with E-state index in [1.165, 1.54) is 22.4 Å². The molecule has 114 valence electrons. The van der Waals surface area contributed by atoms with E-state index >= 15 is 0 Å². The van der Waals surface area contributed by atoms with Gasteiger partial charge in [-0.1, -0.05) is 78.9 Å². The van der Waals surface area contributed by atoms with Crippen molar-refractivity contribution in [2.24, 2.45) is 0 Å². The Hall–Kier alpha value is -2.54. The van der Waals surface area contributed by atoms with E-state index in [0.29, 0.717) is 0 Å². The molecule has 0 spiro atoms. The molecule has 0 aromatic heterocycles. The number of anilines is 1. The number of nitrogens with zero attached hydrogens (tertiary/aromatic N) is 1. The van der Waals surface area contributed by atoms with Crippen LogP contribution in [0.1, 0.15) is 23.6 Å². The van der Waals surface area contributed by atoms with E-state index in [9.17, 15) is 0 Å². The zero-order valence-electron chi connectivity index (χ0n) is 13.4. The quantitative estimate of drug-likeness (QED) is 0.657. The van der Waals surface area contributed by atoms with Gasteiger partial charge < -0.3 is 4.90 Å². The van der Waals surface area contributed by atoms with Crippen molar-refractivity contribution in [3.8, 4) is 0 Å². The lowest BCUT2D eigenvalue weighted by Crippen LogP contribution is -2.31. The molecule has 1 aliphatic heterocycles. The van der Waals surface area contributed by atoms with Gasteiger partial charge in [0.15, 0.2) is 0 Å². The van der Waals surface area contributed by atoms with Crippen LogP contribution < -0.4 is 4.90 Å². The molecule has 1 heterocycles. The molecule has 1 aliphatic rings. The van der Waals surface area contributed by atoms with Crippen LogP contribution in [0.4, 0.5) is 5.69 Å². The summed E-state index contributed by atoms with van der Waals surface area (Å²) < 4.78 is 0. The van der Waals surface area contributed by atoms with Gasteiger partial charge in [0.25, 0.3) is 0 Å². The molecule has 1 heteroatoms. The third-order valence-corrected chi connectivity index (χ3v) is 4.97. The van der Waals surface area contributed by atoms with Gasteiger partial charge in [-0.15, -0.1) is 0 Å². The molecule has 1 unspecified atom stereocenters. The van der Waals surface area contributed by atoms with E-state index in [2.05, 4.69) is 96.8 Å². The van der Waals surface area contributed by atoms with Gasteiger partial charge in [-0.2, -0.15) is 0 Å². The first kappa shape index (κ1) is 14.1. The van der Waals surface area contributed by atoms with Crippen LogP contribution >= 0.6 is 0 Å². The van der Waals surface area contributed by atoms with Gasteiger partial charge >= 0.3 is 0 Å². The normalized spacial score (nSPS) is 19.6. The highest BCUT2D eigenvalue weighted by Crippen LogP contribution is 2.45. The van der Waals surface area contributed by atoms with Crippen LogP contribution in [0.3, 0.4) is 0 Å². The zero-order valence-corrected chi connectivity index (χ0v) is 13.4. The minimum Gasteiger partial charge on any atom is -0.366 e. The summed E-state index contributed by atoms with van der Waals surface area (Å²) in [5.41, 5.74) is 5.60. The Morgan fingerprint density at radius 1 is 0.783 bits per heavy atom. The highest BCUT2D eigenvalue weighted by molar-refractivity contribution is 5.65. The minimum atomic E-state index is 0.0482. The van der Waals surface area contributed by atoms with Crippen molar-refractivity contribution < 1.29 is 0 Å². The molecule has 0 radical (unpaired) electrons. The Bertz CT molecular complexity index is 794. The van der Waals surface area contributed by atoms with Crippen molar-refractivity contribution in [3.63, 3.8) is 0 Å². The van der Waals surface area contributed by atoms with Gasteiger partial charge in [-0.05, 0) is 29.7 Å². The van der Waals surface area contributed by atoms with Gasteiger partial charge in [0.2, 0.25) is 0 Å². The van der Waals surface area contributed by atoms with Crippen LogP contribution in [0, 0.1) is 0 Å². The van der Waals surface area contributed by atoms with Crippen LogP contribution in [-0.2, 0) is 12.0 Å². The smallest absolute Gasteiger partial charge is 0.0430 e. The third-order valence-electron chi connectivity index (χ3n) is 4.97. The molecule has 3 aromatic rings. The monoisotopic (exact) mass is 299 g/mol. The van der Waals surface area contributed by atoms with E-state index < -0.39 is 0 Å². The fourth-order valence-electron chi connectivity index (χ4n) is 3.77. The molecule has 0 saturated heterocycles. The molecule has 0 aliphatic carbocycles. The summed E-state index contributed by atoms with van der Waals surface area (Å²) in [5, 5.41) is 0. The van der Waals surface area contributed by atoms with Gasteiger partial charge in [-0.3, -0.25) is 0 Å².